The van der Waals surface area contributed by atoms with E-state index in [9.17, 15) is 14.0 Å². The number of pyridine rings is 1. The second-order valence-electron chi connectivity index (χ2n) is 12.3. The number of anilines is 2. The summed E-state index contributed by atoms with van der Waals surface area (Å²) in [4.78, 5) is 4.48. The van der Waals surface area contributed by atoms with Crippen molar-refractivity contribution in [2.24, 2.45) is 12.5 Å². The number of hydrazine groups is 2. The second kappa shape index (κ2) is 10.3. The van der Waals surface area contributed by atoms with Gasteiger partial charge in [-0.15, -0.1) is 5.53 Å². The van der Waals surface area contributed by atoms with Gasteiger partial charge >= 0.3 is 0 Å². The molecule has 2 aliphatic rings. The number of fused-ring (bicyclic) bond motifs is 2. The minimum atomic E-state index is -2.48. The van der Waals surface area contributed by atoms with Crippen molar-refractivity contribution in [1.29, 1.82) is 5.26 Å². The first-order valence-electron chi connectivity index (χ1n) is 13.9. The number of nitrogens with zero attached hydrogens (tertiary/aromatic N) is 4. The number of rotatable bonds is 8. The summed E-state index contributed by atoms with van der Waals surface area (Å²) in [6, 6.07) is 13.6. The standard InChI is InChI=1S/C31H33ClF2N8/c1-30(2,3)17-37-26-18(14-35)15-36-27-22(26)12-19(13-23(27)32)38-28(21-6-5-7-25-20(21)8-11-41(25)4)24-16-42(40-39-24)31(9-10-31)29(33)34/h5-8,11-13,15-16,28-29,38-40H,9-10,17H2,1-4H3,(H,36,37)/t28-/m0/s1. The number of benzene rings is 2. The van der Waals surface area contributed by atoms with Crippen LogP contribution in [-0.4, -0.2) is 33.1 Å². The van der Waals surface area contributed by atoms with E-state index >= 15 is 0 Å². The van der Waals surface area contributed by atoms with E-state index in [0.29, 0.717) is 57.9 Å². The number of hydrogen-bond acceptors (Lipinski definition) is 7. The molecular weight excluding hydrogens is 558 g/mol. The Morgan fingerprint density at radius 3 is 2.67 bits per heavy atom. The number of halogens is 3. The van der Waals surface area contributed by atoms with Gasteiger partial charge in [-0.25, -0.2) is 8.78 Å². The fraction of sp³-hybridized carbons (Fsp3) is 0.355. The fourth-order valence-corrected chi connectivity index (χ4v) is 5.71. The molecule has 4 aromatic rings. The Labute approximate surface area is 248 Å². The molecule has 3 heterocycles. The first-order chi connectivity index (χ1) is 20.0. The van der Waals surface area contributed by atoms with E-state index < -0.39 is 18.0 Å². The molecule has 1 atom stereocenters. The molecule has 2 aromatic carbocycles. The molecule has 0 amide bonds. The molecule has 1 saturated carbocycles. The lowest BCUT2D eigenvalue weighted by molar-refractivity contribution is 0.00911. The molecule has 0 spiro atoms. The Kier molecular flexibility index (Phi) is 6.90. The van der Waals surface area contributed by atoms with Gasteiger partial charge in [0, 0.05) is 54.2 Å². The lowest BCUT2D eigenvalue weighted by atomic mass is 9.96. The highest BCUT2D eigenvalue weighted by Gasteiger charge is 2.56. The smallest absolute Gasteiger partial charge is 0.262 e. The minimum absolute atomic E-state index is 0.0297. The van der Waals surface area contributed by atoms with Crippen molar-refractivity contribution in [3.05, 3.63) is 76.8 Å². The topological polar surface area (TPSA) is 93.0 Å². The first kappa shape index (κ1) is 28.1. The molecule has 6 rings (SSSR count). The van der Waals surface area contributed by atoms with Gasteiger partial charge in [-0.1, -0.05) is 44.5 Å². The largest absolute Gasteiger partial charge is 0.383 e. The Morgan fingerprint density at radius 1 is 1.19 bits per heavy atom. The first-order valence-corrected chi connectivity index (χ1v) is 14.3. The molecule has 1 fully saturated rings. The van der Waals surface area contributed by atoms with Gasteiger partial charge in [0.2, 0.25) is 0 Å². The Morgan fingerprint density at radius 2 is 1.98 bits per heavy atom. The summed E-state index contributed by atoms with van der Waals surface area (Å²) in [5.41, 5.74) is 9.93. The van der Waals surface area contributed by atoms with Gasteiger partial charge in [0.05, 0.1) is 33.5 Å². The second-order valence-corrected chi connectivity index (χ2v) is 12.7. The van der Waals surface area contributed by atoms with E-state index in [2.05, 4.69) is 53.4 Å². The van der Waals surface area contributed by atoms with Crippen LogP contribution in [0.1, 0.15) is 50.8 Å². The number of nitrogens with one attached hydrogen (secondary N) is 4. The van der Waals surface area contributed by atoms with Crippen molar-refractivity contribution in [2.75, 3.05) is 17.2 Å². The average Bonchev–Trinajstić information content (AvgIpc) is 3.47. The lowest BCUT2D eigenvalue weighted by Gasteiger charge is -2.25. The van der Waals surface area contributed by atoms with Gasteiger partial charge in [-0.05, 0) is 48.1 Å². The van der Waals surface area contributed by atoms with Crippen molar-refractivity contribution >= 4 is 44.8 Å². The fourth-order valence-electron chi connectivity index (χ4n) is 5.45. The minimum Gasteiger partial charge on any atom is -0.383 e. The molecule has 4 N–H and O–H groups in total. The predicted molar refractivity (Wildman–Crippen MR) is 163 cm³/mol. The van der Waals surface area contributed by atoms with Crippen LogP contribution in [0, 0.1) is 16.7 Å². The van der Waals surface area contributed by atoms with E-state index in [1.807, 2.05) is 48.1 Å². The Bertz CT molecular complexity index is 1750. The normalized spacial score (nSPS) is 16.8. The van der Waals surface area contributed by atoms with Crippen LogP contribution in [0.15, 0.2) is 60.7 Å². The maximum Gasteiger partial charge on any atom is 0.262 e. The van der Waals surface area contributed by atoms with Crippen LogP contribution >= 0.6 is 11.6 Å². The Hall–Kier alpha value is -4.07. The van der Waals surface area contributed by atoms with Crippen LogP contribution in [0.2, 0.25) is 5.02 Å². The summed E-state index contributed by atoms with van der Waals surface area (Å²) in [6.45, 7) is 6.98. The van der Waals surface area contributed by atoms with E-state index in [1.54, 1.807) is 12.3 Å². The van der Waals surface area contributed by atoms with Crippen molar-refractivity contribution in [3.8, 4) is 6.07 Å². The summed E-state index contributed by atoms with van der Waals surface area (Å²) in [5.74, 6) is 0. The van der Waals surface area contributed by atoms with Gasteiger partial charge in [-0.2, -0.15) is 5.26 Å². The van der Waals surface area contributed by atoms with E-state index in [0.717, 1.165) is 16.5 Å². The number of alkyl halides is 2. The van der Waals surface area contributed by atoms with Crippen LogP contribution < -0.4 is 21.6 Å². The summed E-state index contributed by atoms with van der Waals surface area (Å²) < 4.78 is 30.0. The monoisotopic (exact) mass is 590 g/mol. The van der Waals surface area contributed by atoms with Crippen molar-refractivity contribution in [1.82, 2.24) is 25.5 Å². The van der Waals surface area contributed by atoms with E-state index in [4.69, 9.17) is 11.6 Å². The third kappa shape index (κ3) is 4.97. The van der Waals surface area contributed by atoms with Crippen LogP contribution in [0.3, 0.4) is 0 Å². The number of nitriles is 1. The molecule has 0 bridgehead atoms. The summed E-state index contributed by atoms with van der Waals surface area (Å²) in [6.07, 6.45) is 3.61. The van der Waals surface area contributed by atoms with E-state index in [1.165, 1.54) is 11.2 Å². The summed E-state index contributed by atoms with van der Waals surface area (Å²) in [7, 11) is 1.99. The molecule has 8 nitrogen and oxygen atoms in total. The van der Waals surface area contributed by atoms with Gasteiger partial charge < -0.3 is 20.6 Å². The molecule has 0 unspecified atom stereocenters. The van der Waals surface area contributed by atoms with Crippen molar-refractivity contribution in [2.45, 2.75) is 51.6 Å². The molecular formula is C31H33ClF2N8. The molecule has 1 aliphatic heterocycles. The Balaban J connectivity index is 1.46. The highest BCUT2D eigenvalue weighted by Crippen LogP contribution is 2.47. The molecule has 218 valence electrons. The summed E-state index contributed by atoms with van der Waals surface area (Å²) >= 11 is 6.78. The maximum atomic E-state index is 14.0. The zero-order chi connectivity index (χ0) is 29.8. The van der Waals surface area contributed by atoms with Crippen LogP contribution in [0.25, 0.3) is 21.8 Å². The van der Waals surface area contributed by atoms with Gasteiger partial charge in [-0.3, -0.25) is 9.99 Å². The van der Waals surface area contributed by atoms with Gasteiger partial charge in [0.15, 0.2) is 0 Å². The highest BCUT2D eigenvalue weighted by molar-refractivity contribution is 6.35. The van der Waals surface area contributed by atoms with E-state index in [-0.39, 0.29) is 5.41 Å². The number of aryl methyl sites for hydroxylation is 1. The third-order valence-corrected chi connectivity index (χ3v) is 8.26. The average molecular weight is 591 g/mol. The van der Waals surface area contributed by atoms with Crippen molar-refractivity contribution < 1.29 is 8.78 Å². The third-order valence-electron chi connectivity index (χ3n) is 7.97. The lowest BCUT2D eigenvalue weighted by Crippen LogP contribution is -2.48. The van der Waals surface area contributed by atoms with Crippen LogP contribution in [0.4, 0.5) is 20.2 Å². The van der Waals surface area contributed by atoms with Crippen LogP contribution in [0.5, 0.6) is 0 Å². The highest BCUT2D eigenvalue weighted by atomic mass is 35.5. The van der Waals surface area contributed by atoms with Crippen molar-refractivity contribution in [3.63, 3.8) is 0 Å². The predicted octanol–water partition coefficient (Wildman–Crippen LogP) is 6.83. The zero-order valence-corrected chi connectivity index (χ0v) is 24.7. The molecule has 2 aromatic heterocycles. The summed E-state index contributed by atoms with van der Waals surface area (Å²) in [5, 5.41) is 20.6. The number of aromatic nitrogens is 2. The quantitative estimate of drug-likeness (QED) is 0.179. The molecule has 0 radical (unpaired) electrons. The number of hydrogen-bond donors (Lipinski definition) is 4. The van der Waals surface area contributed by atoms with Gasteiger partial charge in [0.1, 0.15) is 11.6 Å². The molecule has 11 heteroatoms. The molecule has 42 heavy (non-hydrogen) atoms. The SMILES string of the molecule is Cn1ccc2c([C@H](Nc3cc(Cl)c4ncc(C#N)c(NCC(C)(C)C)c4c3)C3=CN(C4(C(F)F)CC4)NN3)cccc21. The van der Waals surface area contributed by atoms with Crippen LogP contribution in [-0.2, 0) is 7.05 Å². The van der Waals surface area contributed by atoms with Gasteiger partial charge in [0.25, 0.3) is 6.43 Å². The molecule has 0 saturated heterocycles. The zero-order valence-electron chi connectivity index (χ0n) is 23.9. The maximum absolute atomic E-state index is 14.0. The molecule has 1 aliphatic carbocycles.